The fourth-order valence-electron chi connectivity index (χ4n) is 2.07. The second-order valence-corrected chi connectivity index (χ2v) is 12.5. The van der Waals surface area contributed by atoms with E-state index in [2.05, 4.69) is 44.2 Å². The molecule has 0 N–H and O–H groups in total. The second kappa shape index (κ2) is 9.09. The Balaban J connectivity index is 2.49. The molecule has 0 unspecified atom stereocenters. The van der Waals surface area contributed by atoms with Crippen LogP contribution in [0.5, 0.6) is 0 Å². The van der Waals surface area contributed by atoms with Crippen LogP contribution in [0.2, 0.25) is 8.87 Å². The van der Waals surface area contributed by atoms with E-state index >= 15 is 0 Å². The first-order valence-corrected chi connectivity index (χ1v) is 12.2. The van der Waals surface area contributed by atoms with Crippen LogP contribution < -0.4 is 3.58 Å². The van der Waals surface area contributed by atoms with Gasteiger partial charge in [0.05, 0.1) is 0 Å². The van der Waals surface area contributed by atoms with Crippen LogP contribution in [-0.4, -0.2) is 19.8 Å². The first-order chi connectivity index (χ1) is 7.88. The van der Waals surface area contributed by atoms with Gasteiger partial charge in [-0.1, -0.05) is 0 Å². The van der Waals surface area contributed by atoms with Gasteiger partial charge in [-0.2, -0.15) is 0 Å². The molecular formula is C15H25Sn+. The molecule has 0 atom stereocenters. The van der Waals surface area contributed by atoms with Crippen LogP contribution in [0.15, 0.2) is 30.3 Å². The van der Waals surface area contributed by atoms with E-state index in [1.165, 1.54) is 32.1 Å². The summed E-state index contributed by atoms with van der Waals surface area (Å²) in [7, 11) is 0. The van der Waals surface area contributed by atoms with Gasteiger partial charge in [-0.05, 0) is 0 Å². The van der Waals surface area contributed by atoms with Crippen LogP contribution in [0, 0.1) is 0 Å². The molecule has 0 spiro atoms. The van der Waals surface area contributed by atoms with Crippen molar-refractivity contribution in [3.8, 4) is 0 Å². The Morgan fingerprint density at radius 1 is 0.812 bits per heavy atom. The predicted octanol–water partition coefficient (Wildman–Crippen LogP) is 4.38. The Kier molecular flexibility index (Phi) is 8.00. The Morgan fingerprint density at radius 2 is 1.44 bits per heavy atom. The Hall–Kier alpha value is 0.0187. The zero-order chi connectivity index (χ0) is 11.6. The Bertz CT molecular complexity index is 255. The van der Waals surface area contributed by atoms with Gasteiger partial charge in [-0.3, -0.25) is 0 Å². The van der Waals surface area contributed by atoms with Crippen molar-refractivity contribution in [2.45, 2.75) is 54.8 Å². The van der Waals surface area contributed by atoms with Gasteiger partial charge in [0.2, 0.25) is 0 Å². The molecule has 0 radical (unpaired) electrons. The molecule has 0 saturated heterocycles. The SMILES string of the molecule is CCCC[CH2][Sn+]([CH2]CCC)[c]1ccccc1. The van der Waals surface area contributed by atoms with Crippen LogP contribution in [0.3, 0.4) is 0 Å². The molecule has 0 saturated carbocycles. The van der Waals surface area contributed by atoms with Gasteiger partial charge in [0.1, 0.15) is 0 Å². The van der Waals surface area contributed by atoms with Crippen molar-refractivity contribution in [3.05, 3.63) is 30.3 Å². The summed E-state index contributed by atoms with van der Waals surface area (Å²) in [5, 5.41) is 0. The third kappa shape index (κ3) is 5.38. The van der Waals surface area contributed by atoms with Gasteiger partial charge in [-0.15, -0.1) is 0 Å². The second-order valence-electron chi connectivity index (χ2n) is 4.53. The first kappa shape index (κ1) is 14.1. The van der Waals surface area contributed by atoms with E-state index < -0.39 is 19.8 Å². The van der Waals surface area contributed by atoms with Crippen LogP contribution >= 0.6 is 0 Å². The molecule has 0 amide bonds. The molecule has 0 aromatic heterocycles. The topological polar surface area (TPSA) is 0 Å². The number of benzene rings is 1. The van der Waals surface area contributed by atoms with Crippen molar-refractivity contribution < 1.29 is 0 Å². The summed E-state index contributed by atoms with van der Waals surface area (Å²) in [6, 6.07) is 11.4. The quantitative estimate of drug-likeness (QED) is 0.492. The average molecular weight is 324 g/mol. The molecule has 1 rings (SSSR count). The summed E-state index contributed by atoms with van der Waals surface area (Å²) in [4.78, 5) is 0. The number of rotatable bonds is 8. The van der Waals surface area contributed by atoms with Gasteiger partial charge in [0, 0.05) is 0 Å². The molecule has 0 aliphatic rings. The number of hydrogen-bond donors (Lipinski definition) is 0. The minimum atomic E-state index is -1.24. The van der Waals surface area contributed by atoms with E-state index in [1.807, 2.05) is 0 Å². The van der Waals surface area contributed by atoms with E-state index in [0.717, 1.165) is 0 Å². The minimum absolute atomic E-state index is 1.24. The summed E-state index contributed by atoms with van der Waals surface area (Å²) >= 11 is -1.24. The standard InChI is InChI=1S/C6H5.C5H11.C4H9.Sn/c1-2-4-6-5-3-1;1-3-5-4-2;1-3-4-2;/h1-5H;1,3-5H2,2H3;1,3-4H2,2H3;/q;;;+1. The van der Waals surface area contributed by atoms with Crippen molar-refractivity contribution in [1.29, 1.82) is 0 Å². The summed E-state index contributed by atoms with van der Waals surface area (Å²) in [5.41, 5.74) is 0. The summed E-state index contributed by atoms with van der Waals surface area (Å²) in [5.74, 6) is 0. The van der Waals surface area contributed by atoms with E-state index in [9.17, 15) is 0 Å². The molecule has 0 nitrogen and oxygen atoms in total. The zero-order valence-electron chi connectivity index (χ0n) is 10.8. The fourth-order valence-corrected chi connectivity index (χ4v) is 10.5. The molecule has 88 valence electrons. The Labute approximate surface area is 108 Å². The molecular weight excluding hydrogens is 299 g/mol. The predicted molar refractivity (Wildman–Crippen MR) is 75.9 cm³/mol. The maximum atomic E-state index is 2.39. The molecule has 1 heteroatoms. The van der Waals surface area contributed by atoms with E-state index in [4.69, 9.17) is 0 Å². The van der Waals surface area contributed by atoms with E-state index in [-0.39, 0.29) is 0 Å². The maximum absolute atomic E-state index is 2.39. The van der Waals surface area contributed by atoms with Gasteiger partial charge < -0.3 is 0 Å². The van der Waals surface area contributed by atoms with Crippen molar-refractivity contribution >= 4 is 23.3 Å². The summed E-state index contributed by atoms with van der Waals surface area (Å²) in [6.07, 6.45) is 7.09. The number of unbranched alkanes of at least 4 members (excludes halogenated alkanes) is 3. The third-order valence-electron chi connectivity index (χ3n) is 3.10. The van der Waals surface area contributed by atoms with Crippen LogP contribution in [-0.2, 0) is 0 Å². The van der Waals surface area contributed by atoms with Crippen molar-refractivity contribution in [1.82, 2.24) is 0 Å². The van der Waals surface area contributed by atoms with E-state index in [1.54, 1.807) is 12.5 Å². The van der Waals surface area contributed by atoms with Gasteiger partial charge in [0.15, 0.2) is 0 Å². The third-order valence-corrected chi connectivity index (χ3v) is 11.8. The molecule has 0 bridgehead atoms. The van der Waals surface area contributed by atoms with Gasteiger partial charge in [0.25, 0.3) is 0 Å². The molecule has 1 aromatic rings. The van der Waals surface area contributed by atoms with Crippen molar-refractivity contribution in [3.63, 3.8) is 0 Å². The van der Waals surface area contributed by atoms with Crippen LogP contribution in [0.25, 0.3) is 0 Å². The fraction of sp³-hybridized carbons (Fsp3) is 0.600. The van der Waals surface area contributed by atoms with Crippen molar-refractivity contribution in [2.24, 2.45) is 0 Å². The molecule has 0 heterocycles. The summed E-state index contributed by atoms with van der Waals surface area (Å²) in [6.45, 7) is 4.62. The first-order valence-electron chi connectivity index (χ1n) is 6.78. The van der Waals surface area contributed by atoms with Gasteiger partial charge >= 0.3 is 108 Å². The van der Waals surface area contributed by atoms with Crippen molar-refractivity contribution in [2.75, 3.05) is 0 Å². The zero-order valence-corrected chi connectivity index (χ0v) is 13.7. The average Bonchev–Trinajstić information content (AvgIpc) is 2.35. The molecule has 0 aliphatic carbocycles. The molecule has 0 aliphatic heterocycles. The molecule has 0 fully saturated rings. The number of hydrogen-bond acceptors (Lipinski definition) is 0. The van der Waals surface area contributed by atoms with E-state index in [0.29, 0.717) is 0 Å². The molecule has 16 heavy (non-hydrogen) atoms. The van der Waals surface area contributed by atoms with Crippen LogP contribution in [0.4, 0.5) is 0 Å². The summed E-state index contributed by atoms with van der Waals surface area (Å²) < 4.78 is 4.88. The van der Waals surface area contributed by atoms with Gasteiger partial charge in [-0.25, -0.2) is 0 Å². The molecule has 1 aromatic carbocycles. The Morgan fingerprint density at radius 3 is 2.06 bits per heavy atom. The van der Waals surface area contributed by atoms with Crippen LogP contribution in [0.1, 0.15) is 46.0 Å². The normalized spacial score (nSPS) is 10.4. The monoisotopic (exact) mass is 325 g/mol.